The van der Waals surface area contributed by atoms with Crippen molar-refractivity contribution in [2.75, 3.05) is 20.1 Å². The summed E-state index contributed by atoms with van der Waals surface area (Å²) in [6, 6.07) is 0. The summed E-state index contributed by atoms with van der Waals surface area (Å²) < 4.78 is 0. The van der Waals surface area contributed by atoms with Crippen molar-refractivity contribution in [2.24, 2.45) is 11.7 Å². The second-order valence-electron chi connectivity index (χ2n) is 2.81. The number of hydrogen-bond acceptors (Lipinski definition) is 2. The molecule has 1 saturated heterocycles. The van der Waals surface area contributed by atoms with Gasteiger partial charge < -0.3 is 11.1 Å². The molecule has 1 heterocycles. The van der Waals surface area contributed by atoms with E-state index < -0.39 is 0 Å². The molecule has 0 aromatic rings. The zero-order valence-electron chi connectivity index (χ0n) is 9.19. The molecule has 1 rings (SSSR count). The normalized spacial score (nSPS) is 22.2. The van der Waals surface area contributed by atoms with Crippen molar-refractivity contribution in [3.8, 4) is 0 Å². The summed E-state index contributed by atoms with van der Waals surface area (Å²) in [6.45, 7) is 8.79. The number of nitrogens with two attached hydrogens (primary N) is 1. The van der Waals surface area contributed by atoms with E-state index in [9.17, 15) is 0 Å². The van der Waals surface area contributed by atoms with E-state index in [2.05, 4.69) is 18.0 Å². The highest BCUT2D eigenvalue weighted by molar-refractivity contribution is 4.62. The van der Waals surface area contributed by atoms with E-state index >= 15 is 0 Å². The molecule has 0 saturated carbocycles. The van der Waals surface area contributed by atoms with Gasteiger partial charge in [0.1, 0.15) is 0 Å². The highest BCUT2D eigenvalue weighted by Crippen LogP contribution is 2.08. The van der Waals surface area contributed by atoms with E-state index in [1.165, 1.54) is 39.4 Å². The van der Waals surface area contributed by atoms with Crippen LogP contribution in [0.15, 0.2) is 0 Å². The highest BCUT2D eigenvalue weighted by atomic mass is 14.9. The summed E-state index contributed by atoms with van der Waals surface area (Å²) in [6.07, 6.45) is 4.23. The molecule has 1 atom stereocenters. The largest absolute Gasteiger partial charge is 0.333 e. The average molecular weight is 174 g/mol. The molecule has 1 fully saturated rings. The zero-order valence-corrected chi connectivity index (χ0v) is 9.19. The first-order valence-corrected chi connectivity index (χ1v) is 5.18. The van der Waals surface area contributed by atoms with Crippen molar-refractivity contribution < 1.29 is 0 Å². The van der Waals surface area contributed by atoms with E-state index in [-0.39, 0.29) is 0 Å². The van der Waals surface area contributed by atoms with Gasteiger partial charge in [-0.1, -0.05) is 27.2 Å². The molecule has 1 unspecified atom stereocenters. The molecule has 1 aliphatic heterocycles. The van der Waals surface area contributed by atoms with Crippen LogP contribution in [0.25, 0.3) is 0 Å². The van der Waals surface area contributed by atoms with E-state index in [1.54, 1.807) is 0 Å². The summed E-state index contributed by atoms with van der Waals surface area (Å²) in [5.41, 5.74) is 4.50. The SMILES string of the molecule is CC.CC1CCCCNC1.CN. The van der Waals surface area contributed by atoms with Gasteiger partial charge in [-0.25, -0.2) is 0 Å². The van der Waals surface area contributed by atoms with Gasteiger partial charge in [-0.05, 0) is 38.9 Å². The van der Waals surface area contributed by atoms with Crippen molar-refractivity contribution in [1.82, 2.24) is 5.32 Å². The summed E-state index contributed by atoms with van der Waals surface area (Å²) in [5, 5.41) is 3.40. The quantitative estimate of drug-likeness (QED) is 0.589. The molecule has 0 radical (unpaired) electrons. The molecule has 0 aliphatic carbocycles. The second-order valence-corrected chi connectivity index (χ2v) is 2.81. The summed E-state index contributed by atoms with van der Waals surface area (Å²) >= 11 is 0. The Labute approximate surface area is 77.9 Å². The average Bonchev–Trinajstić information content (AvgIpc) is 2.40. The lowest BCUT2D eigenvalue weighted by Gasteiger charge is -2.03. The Hall–Kier alpha value is -0.0800. The predicted octanol–water partition coefficient (Wildman–Crippen LogP) is 2.00. The predicted molar refractivity (Wildman–Crippen MR) is 57.3 cm³/mol. The van der Waals surface area contributed by atoms with Gasteiger partial charge in [0.25, 0.3) is 0 Å². The Balaban J connectivity index is 0. The number of hydrogen-bond donors (Lipinski definition) is 2. The van der Waals surface area contributed by atoms with Crippen LogP contribution >= 0.6 is 0 Å². The molecule has 2 nitrogen and oxygen atoms in total. The molecule has 0 spiro atoms. The number of rotatable bonds is 0. The zero-order chi connectivity index (χ0) is 9.82. The van der Waals surface area contributed by atoms with E-state index in [0.717, 1.165) is 5.92 Å². The first-order valence-electron chi connectivity index (χ1n) is 5.18. The van der Waals surface area contributed by atoms with Gasteiger partial charge >= 0.3 is 0 Å². The van der Waals surface area contributed by atoms with Crippen LogP contribution in [0.4, 0.5) is 0 Å². The van der Waals surface area contributed by atoms with Crippen LogP contribution in [-0.2, 0) is 0 Å². The van der Waals surface area contributed by atoms with Gasteiger partial charge in [0.2, 0.25) is 0 Å². The standard InChI is InChI=1S/C7H15N.C2H6.CH5N/c1-7-4-2-3-5-8-6-7;2*1-2/h7-8H,2-6H2,1H3;1-2H3;2H2,1H3. The Morgan fingerprint density at radius 3 is 2.33 bits per heavy atom. The summed E-state index contributed by atoms with van der Waals surface area (Å²) in [7, 11) is 1.50. The first-order chi connectivity index (χ1) is 5.89. The van der Waals surface area contributed by atoms with Gasteiger partial charge in [0.15, 0.2) is 0 Å². The van der Waals surface area contributed by atoms with Gasteiger partial charge in [-0.2, -0.15) is 0 Å². The van der Waals surface area contributed by atoms with Crippen molar-refractivity contribution in [3.63, 3.8) is 0 Å². The van der Waals surface area contributed by atoms with Crippen LogP contribution in [0.1, 0.15) is 40.0 Å². The highest BCUT2D eigenvalue weighted by Gasteiger charge is 2.04. The first kappa shape index (κ1) is 14.4. The molecule has 1 aliphatic rings. The minimum Gasteiger partial charge on any atom is -0.333 e. The maximum Gasteiger partial charge on any atom is -0.00232 e. The maximum absolute atomic E-state index is 4.50. The van der Waals surface area contributed by atoms with Crippen molar-refractivity contribution in [3.05, 3.63) is 0 Å². The molecule has 3 N–H and O–H groups in total. The fraction of sp³-hybridized carbons (Fsp3) is 1.00. The topological polar surface area (TPSA) is 38.0 Å². The molecule has 0 bridgehead atoms. The van der Waals surface area contributed by atoms with Crippen molar-refractivity contribution >= 4 is 0 Å². The Kier molecular flexibility index (Phi) is 16.3. The summed E-state index contributed by atoms with van der Waals surface area (Å²) in [4.78, 5) is 0. The van der Waals surface area contributed by atoms with Gasteiger partial charge in [0, 0.05) is 0 Å². The Bertz CT molecular complexity index is 56.9. The summed E-state index contributed by atoms with van der Waals surface area (Å²) in [5.74, 6) is 0.914. The molecule has 0 aromatic heterocycles. The van der Waals surface area contributed by atoms with Crippen LogP contribution in [0.5, 0.6) is 0 Å². The van der Waals surface area contributed by atoms with Crippen LogP contribution < -0.4 is 11.1 Å². The fourth-order valence-corrected chi connectivity index (χ4v) is 1.19. The van der Waals surface area contributed by atoms with Gasteiger partial charge in [-0.15, -0.1) is 0 Å². The Morgan fingerprint density at radius 2 is 1.75 bits per heavy atom. The molecule has 2 heteroatoms. The minimum atomic E-state index is 0.914. The molecule has 0 aromatic carbocycles. The number of nitrogens with one attached hydrogen (secondary N) is 1. The molecule has 76 valence electrons. The third-order valence-corrected chi connectivity index (χ3v) is 1.79. The Morgan fingerprint density at radius 1 is 1.17 bits per heavy atom. The van der Waals surface area contributed by atoms with Crippen LogP contribution in [0, 0.1) is 5.92 Å². The molecular weight excluding hydrogens is 148 g/mol. The lowest BCUT2D eigenvalue weighted by Crippen LogP contribution is -2.18. The molecule has 0 amide bonds. The smallest absolute Gasteiger partial charge is 0.00232 e. The second kappa shape index (κ2) is 13.5. The lowest BCUT2D eigenvalue weighted by atomic mass is 10.1. The third kappa shape index (κ3) is 9.92. The van der Waals surface area contributed by atoms with Gasteiger partial charge in [0.05, 0.1) is 0 Å². The van der Waals surface area contributed by atoms with Crippen molar-refractivity contribution in [1.29, 1.82) is 0 Å². The van der Waals surface area contributed by atoms with Gasteiger partial charge in [-0.3, -0.25) is 0 Å². The van der Waals surface area contributed by atoms with Crippen molar-refractivity contribution in [2.45, 2.75) is 40.0 Å². The van der Waals surface area contributed by atoms with E-state index in [0.29, 0.717) is 0 Å². The fourth-order valence-electron chi connectivity index (χ4n) is 1.19. The minimum absolute atomic E-state index is 0.914. The van der Waals surface area contributed by atoms with Crippen LogP contribution in [0.3, 0.4) is 0 Å². The van der Waals surface area contributed by atoms with Crippen LogP contribution in [-0.4, -0.2) is 20.1 Å². The third-order valence-electron chi connectivity index (χ3n) is 1.79. The monoisotopic (exact) mass is 174 g/mol. The lowest BCUT2D eigenvalue weighted by molar-refractivity contribution is 0.525. The maximum atomic E-state index is 4.50. The van der Waals surface area contributed by atoms with E-state index in [4.69, 9.17) is 0 Å². The molecule has 12 heavy (non-hydrogen) atoms. The molecular formula is C10H26N2. The van der Waals surface area contributed by atoms with Crippen LogP contribution in [0.2, 0.25) is 0 Å². The van der Waals surface area contributed by atoms with E-state index in [1.807, 2.05) is 13.8 Å².